The number of nitrogens with two attached hydrogens (primary N) is 1. The van der Waals surface area contributed by atoms with Crippen molar-refractivity contribution in [3.8, 4) is 0 Å². The van der Waals surface area contributed by atoms with Gasteiger partial charge in [-0.2, -0.15) is 0 Å². The van der Waals surface area contributed by atoms with E-state index in [1.807, 2.05) is 5.38 Å². The minimum absolute atomic E-state index is 0.143. The molecule has 0 bridgehead atoms. The molecule has 0 aliphatic heterocycles. The molecule has 2 heterocycles. The van der Waals surface area contributed by atoms with Gasteiger partial charge in [0, 0.05) is 11.3 Å². The van der Waals surface area contributed by atoms with Crippen LogP contribution >= 0.6 is 11.3 Å². The number of aromatic nitrogens is 2. The highest BCUT2D eigenvalue weighted by Gasteiger charge is 2.08. The van der Waals surface area contributed by atoms with E-state index in [0.717, 1.165) is 0 Å². The Labute approximate surface area is 111 Å². The Kier molecular flexibility index (Phi) is 2.79. The smallest absolute Gasteiger partial charge is 0.262 e. The third-order valence-corrected chi connectivity index (χ3v) is 3.69. The van der Waals surface area contributed by atoms with E-state index in [-0.39, 0.29) is 12.1 Å². The molecule has 19 heavy (non-hydrogen) atoms. The van der Waals surface area contributed by atoms with Crippen LogP contribution in [0.4, 0.5) is 10.1 Å². The first-order valence-electron chi connectivity index (χ1n) is 5.62. The molecule has 0 spiro atoms. The summed E-state index contributed by atoms with van der Waals surface area (Å²) >= 11 is 1.41. The summed E-state index contributed by atoms with van der Waals surface area (Å²) in [5.74, 6) is -0.419. The minimum atomic E-state index is -0.419. The van der Waals surface area contributed by atoms with E-state index >= 15 is 0 Å². The quantitative estimate of drug-likeness (QED) is 0.729. The van der Waals surface area contributed by atoms with Gasteiger partial charge in [-0.25, -0.2) is 9.37 Å². The largest absolute Gasteiger partial charge is 0.399 e. The number of fused-ring (bicyclic) bond motifs is 1. The van der Waals surface area contributed by atoms with Crippen LogP contribution in [0.25, 0.3) is 10.2 Å². The van der Waals surface area contributed by atoms with Gasteiger partial charge in [0.2, 0.25) is 0 Å². The Hall–Kier alpha value is -2.21. The maximum atomic E-state index is 13.7. The number of thiophene rings is 1. The fraction of sp³-hybridized carbons (Fsp3) is 0.0769. The molecule has 0 aliphatic rings. The summed E-state index contributed by atoms with van der Waals surface area (Å²) in [4.78, 5) is 17.0. The van der Waals surface area contributed by atoms with E-state index < -0.39 is 5.82 Å². The SMILES string of the molecule is Nc1ccc(Cn2cnc3sccc3c2=O)c(F)c1. The van der Waals surface area contributed by atoms with Crippen molar-refractivity contribution in [1.29, 1.82) is 0 Å². The second kappa shape index (κ2) is 4.47. The van der Waals surface area contributed by atoms with Gasteiger partial charge in [0.05, 0.1) is 18.3 Å². The van der Waals surface area contributed by atoms with Crippen LogP contribution in [0.2, 0.25) is 0 Å². The Morgan fingerprint density at radius 1 is 1.37 bits per heavy atom. The molecule has 6 heteroatoms. The fourth-order valence-electron chi connectivity index (χ4n) is 1.88. The van der Waals surface area contributed by atoms with Gasteiger partial charge in [0.15, 0.2) is 0 Å². The van der Waals surface area contributed by atoms with Gasteiger partial charge < -0.3 is 5.73 Å². The lowest BCUT2D eigenvalue weighted by Crippen LogP contribution is -2.21. The number of benzene rings is 1. The molecule has 1 aromatic carbocycles. The molecule has 3 rings (SSSR count). The normalized spacial score (nSPS) is 11.0. The van der Waals surface area contributed by atoms with Crippen LogP contribution in [-0.2, 0) is 6.54 Å². The van der Waals surface area contributed by atoms with Crippen LogP contribution in [-0.4, -0.2) is 9.55 Å². The highest BCUT2D eigenvalue weighted by molar-refractivity contribution is 7.16. The van der Waals surface area contributed by atoms with Gasteiger partial charge in [0.1, 0.15) is 10.6 Å². The first-order valence-corrected chi connectivity index (χ1v) is 6.49. The maximum absolute atomic E-state index is 13.7. The van der Waals surface area contributed by atoms with Crippen molar-refractivity contribution in [3.63, 3.8) is 0 Å². The predicted octanol–water partition coefficient (Wildman–Crippen LogP) is 2.23. The average molecular weight is 275 g/mol. The van der Waals surface area contributed by atoms with Gasteiger partial charge in [-0.3, -0.25) is 9.36 Å². The van der Waals surface area contributed by atoms with Crippen molar-refractivity contribution < 1.29 is 4.39 Å². The highest BCUT2D eigenvalue weighted by atomic mass is 32.1. The van der Waals surface area contributed by atoms with Gasteiger partial charge in [-0.1, -0.05) is 6.07 Å². The molecule has 0 saturated heterocycles. The summed E-state index contributed by atoms with van der Waals surface area (Å²) in [7, 11) is 0. The molecule has 0 radical (unpaired) electrons. The Balaban J connectivity index is 2.05. The van der Waals surface area contributed by atoms with Crippen molar-refractivity contribution in [1.82, 2.24) is 9.55 Å². The number of nitrogens with zero attached hydrogens (tertiary/aromatic N) is 2. The molecule has 0 unspecified atom stereocenters. The van der Waals surface area contributed by atoms with Crippen molar-refractivity contribution in [2.45, 2.75) is 6.54 Å². The lowest BCUT2D eigenvalue weighted by atomic mass is 10.2. The zero-order valence-corrected chi connectivity index (χ0v) is 10.7. The molecule has 0 fully saturated rings. The second-order valence-corrected chi connectivity index (χ2v) is 5.06. The molecule has 96 valence electrons. The van der Waals surface area contributed by atoms with Crippen LogP contribution in [0.1, 0.15) is 5.56 Å². The average Bonchev–Trinajstić information content (AvgIpc) is 2.85. The van der Waals surface area contributed by atoms with Crippen molar-refractivity contribution >= 4 is 27.2 Å². The molecule has 0 amide bonds. The van der Waals surface area contributed by atoms with Crippen molar-refractivity contribution in [3.05, 3.63) is 57.7 Å². The second-order valence-electron chi connectivity index (χ2n) is 4.17. The summed E-state index contributed by atoms with van der Waals surface area (Å²) in [6.45, 7) is 0.143. The number of hydrogen-bond acceptors (Lipinski definition) is 4. The van der Waals surface area contributed by atoms with E-state index in [9.17, 15) is 9.18 Å². The Morgan fingerprint density at radius 2 is 2.21 bits per heavy atom. The van der Waals surface area contributed by atoms with Crippen molar-refractivity contribution in [2.75, 3.05) is 5.73 Å². The van der Waals surface area contributed by atoms with E-state index in [0.29, 0.717) is 21.5 Å². The first kappa shape index (κ1) is 11.9. The fourth-order valence-corrected chi connectivity index (χ4v) is 2.60. The number of anilines is 1. The zero-order chi connectivity index (χ0) is 13.4. The molecule has 0 aliphatic carbocycles. The molecule has 0 atom stereocenters. The monoisotopic (exact) mass is 275 g/mol. The summed E-state index contributed by atoms with van der Waals surface area (Å²) in [6.07, 6.45) is 1.44. The maximum Gasteiger partial charge on any atom is 0.262 e. The molecular weight excluding hydrogens is 265 g/mol. The van der Waals surface area contributed by atoms with Gasteiger partial charge in [-0.05, 0) is 23.6 Å². The third-order valence-electron chi connectivity index (χ3n) is 2.87. The van der Waals surface area contributed by atoms with E-state index in [2.05, 4.69) is 4.98 Å². The van der Waals surface area contributed by atoms with Crippen LogP contribution in [0, 0.1) is 5.82 Å². The topological polar surface area (TPSA) is 60.9 Å². The van der Waals surface area contributed by atoms with Gasteiger partial charge >= 0.3 is 0 Å². The zero-order valence-electron chi connectivity index (χ0n) is 9.84. The van der Waals surface area contributed by atoms with Crippen molar-refractivity contribution in [2.24, 2.45) is 0 Å². The van der Waals surface area contributed by atoms with Crippen LogP contribution < -0.4 is 11.3 Å². The lowest BCUT2D eigenvalue weighted by molar-refractivity contribution is 0.596. The lowest BCUT2D eigenvalue weighted by Gasteiger charge is -2.07. The molecule has 2 N–H and O–H groups in total. The number of halogens is 1. The molecule has 3 aromatic rings. The summed E-state index contributed by atoms with van der Waals surface area (Å²) in [5.41, 5.74) is 6.10. The standard InChI is InChI=1S/C13H10FN3OS/c14-11-5-9(15)2-1-8(11)6-17-7-16-12-10(13(17)18)3-4-19-12/h1-5,7H,6,15H2. The van der Waals surface area contributed by atoms with Crippen LogP contribution in [0.3, 0.4) is 0 Å². The summed E-state index contributed by atoms with van der Waals surface area (Å²) < 4.78 is 15.1. The van der Waals surface area contributed by atoms with E-state index in [1.165, 1.54) is 28.3 Å². The summed E-state index contributed by atoms with van der Waals surface area (Å²) in [6, 6.07) is 6.16. The van der Waals surface area contributed by atoms with Gasteiger partial charge in [0.25, 0.3) is 5.56 Å². The minimum Gasteiger partial charge on any atom is -0.399 e. The molecular formula is C13H10FN3OS. The van der Waals surface area contributed by atoms with Gasteiger partial charge in [-0.15, -0.1) is 11.3 Å². The summed E-state index contributed by atoms with van der Waals surface area (Å²) in [5, 5.41) is 2.37. The highest BCUT2D eigenvalue weighted by Crippen LogP contribution is 2.15. The van der Waals surface area contributed by atoms with E-state index in [4.69, 9.17) is 5.73 Å². The molecule has 2 aromatic heterocycles. The Morgan fingerprint density at radius 3 is 3.00 bits per heavy atom. The van der Waals surface area contributed by atoms with Crippen LogP contribution in [0.5, 0.6) is 0 Å². The predicted molar refractivity (Wildman–Crippen MR) is 73.8 cm³/mol. The third kappa shape index (κ3) is 2.10. The van der Waals surface area contributed by atoms with E-state index in [1.54, 1.807) is 18.2 Å². The number of hydrogen-bond donors (Lipinski definition) is 1. The molecule has 0 saturated carbocycles. The first-order chi connectivity index (χ1) is 9.15. The number of rotatable bonds is 2. The number of nitrogen functional groups attached to an aromatic ring is 1. The van der Waals surface area contributed by atoms with Crippen LogP contribution in [0.15, 0.2) is 40.8 Å². The Bertz CT molecular complexity index is 809. The molecule has 4 nitrogen and oxygen atoms in total.